The van der Waals surface area contributed by atoms with Gasteiger partial charge in [0.25, 0.3) is 0 Å². The van der Waals surface area contributed by atoms with E-state index in [4.69, 9.17) is 4.74 Å². The lowest BCUT2D eigenvalue weighted by atomic mass is 10.1. The van der Waals surface area contributed by atoms with E-state index in [9.17, 15) is 4.39 Å². The quantitative estimate of drug-likeness (QED) is 0.654. The normalized spacial score (nSPS) is 16.2. The summed E-state index contributed by atoms with van der Waals surface area (Å²) >= 11 is 0. The smallest absolute Gasteiger partial charge is 0.168 e. The van der Waals surface area contributed by atoms with Crippen LogP contribution in [-0.4, -0.2) is 7.11 Å². The number of benzene rings is 1. The van der Waals surface area contributed by atoms with Crippen LogP contribution in [0.3, 0.4) is 0 Å². The van der Waals surface area contributed by atoms with Crippen molar-refractivity contribution in [1.82, 2.24) is 0 Å². The Kier molecular flexibility index (Phi) is 1.75. The van der Waals surface area contributed by atoms with E-state index < -0.39 is 0 Å². The topological polar surface area (TPSA) is 9.23 Å². The predicted molar refractivity (Wildman–Crippen MR) is 44.6 cm³/mol. The summed E-state index contributed by atoms with van der Waals surface area (Å²) in [4.78, 5) is 0. The van der Waals surface area contributed by atoms with Gasteiger partial charge >= 0.3 is 0 Å². The molecule has 1 atom stereocenters. The van der Waals surface area contributed by atoms with Gasteiger partial charge in [-0.1, -0.05) is 12.1 Å². The van der Waals surface area contributed by atoms with Gasteiger partial charge in [-0.25, -0.2) is 4.39 Å². The first kappa shape index (κ1) is 7.59. The van der Waals surface area contributed by atoms with Crippen LogP contribution in [0, 0.1) is 12.2 Å². The fourth-order valence-corrected chi connectivity index (χ4v) is 1.29. The third-order valence-corrected chi connectivity index (χ3v) is 2.08. The van der Waals surface area contributed by atoms with Crippen LogP contribution >= 0.6 is 0 Å². The number of methoxy groups -OCH3 is 1. The van der Waals surface area contributed by atoms with Gasteiger partial charge in [0.05, 0.1) is 7.11 Å². The molecule has 0 heterocycles. The number of rotatable bonds is 2. The molecule has 0 amide bonds. The Balaban J connectivity index is 2.40. The minimum atomic E-state index is -0.209. The van der Waals surface area contributed by atoms with E-state index >= 15 is 0 Å². The third-order valence-electron chi connectivity index (χ3n) is 2.08. The van der Waals surface area contributed by atoms with Crippen LogP contribution in [0.5, 0.6) is 5.75 Å². The predicted octanol–water partition coefficient (Wildman–Crippen LogP) is 2.53. The zero-order valence-electron chi connectivity index (χ0n) is 6.88. The average Bonchev–Trinajstić information content (AvgIpc) is 2.88. The first-order valence-electron chi connectivity index (χ1n) is 3.98. The van der Waals surface area contributed by atoms with Crippen molar-refractivity contribution in [2.24, 2.45) is 0 Å². The number of ether oxygens (including phenoxy) is 1. The summed E-state index contributed by atoms with van der Waals surface area (Å²) in [7, 11) is 1.48. The molecule has 2 rings (SSSR count). The molecular weight excluding hydrogens is 155 g/mol. The van der Waals surface area contributed by atoms with Gasteiger partial charge in [-0.05, 0) is 30.4 Å². The Morgan fingerprint density at radius 3 is 2.83 bits per heavy atom. The van der Waals surface area contributed by atoms with E-state index in [0.717, 1.165) is 12.0 Å². The highest BCUT2D eigenvalue weighted by Gasteiger charge is 2.27. The second kappa shape index (κ2) is 2.77. The Morgan fingerprint density at radius 1 is 1.50 bits per heavy atom. The van der Waals surface area contributed by atoms with Crippen molar-refractivity contribution in [3.05, 3.63) is 36.0 Å². The summed E-state index contributed by atoms with van der Waals surface area (Å²) < 4.78 is 18.3. The van der Waals surface area contributed by atoms with Crippen LogP contribution in [0.4, 0.5) is 4.39 Å². The van der Waals surface area contributed by atoms with E-state index in [-0.39, 0.29) is 5.82 Å². The van der Waals surface area contributed by atoms with Gasteiger partial charge in [-0.15, -0.1) is 0 Å². The van der Waals surface area contributed by atoms with E-state index in [1.54, 1.807) is 6.07 Å². The van der Waals surface area contributed by atoms with Gasteiger partial charge < -0.3 is 4.74 Å². The molecule has 12 heavy (non-hydrogen) atoms. The third kappa shape index (κ3) is 1.17. The molecule has 63 valence electrons. The van der Waals surface area contributed by atoms with Crippen molar-refractivity contribution in [2.75, 3.05) is 7.11 Å². The molecule has 0 aliphatic heterocycles. The number of halogens is 1. The van der Waals surface area contributed by atoms with E-state index in [1.807, 2.05) is 12.1 Å². The number of hydrogen-bond donors (Lipinski definition) is 0. The Morgan fingerprint density at radius 2 is 2.25 bits per heavy atom. The Bertz CT molecular complexity index is 292. The monoisotopic (exact) mass is 165 g/mol. The van der Waals surface area contributed by atoms with Crippen molar-refractivity contribution < 1.29 is 9.13 Å². The summed E-state index contributed by atoms with van der Waals surface area (Å²) in [5.74, 6) is 0.451. The summed E-state index contributed by atoms with van der Waals surface area (Å²) in [6.45, 7) is 0. The maximum absolute atomic E-state index is 13.4. The highest BCUT2D eigenvalue weighted by molar-refractivity contribution is 5.38. The molecule has 0 aromatic heterocycles. The fraction of sp³-hybridized carbons (Fsp3) is 0.300. The molecule has 0 bridgehead atoms. The summed E-state index contributed by atoms with van der Waals surface area (Å²) in [5.41, 5.74) is 0.759. The van der Waals surface area contributed by atoms with Gasteiger partial charge in [-0.2, -0.15) is 0 Å². The van der Waals surface area contributed by atoms with Gasteiger partial charge in [0.15, 0.2) is 11.6 Å². The molecule has 1 aromatic carbocycles. The minimum Gasteiger partial charge on any atom is -0.494 e. The molecule has 1 fully saturated rings. The largest absolute Gasteiger partial charge is 0.494 e. The maximum atomic E-state index is 13.4. The molecule has 1 aromatic rings. The lowest BCUT2D eigenvalue weighted by Crippen LogP contribution is -1.92. The average molecular weight is 165 g/mol. The molecule has 0 spiro atoms. The van der Waals surface area contributed by atoms with Crippen LogP contribution in [0.2, 0.25) is 0 Å². The molecule has 1 unspecified atom stereocenters. The molecule has 0 N–H and O–H groups in total. The summed E-state index contributed by atoms with van der Waals surface area (Å²) in [5, 5.41) is 0. The van der Waals surface area contributed by atoms with Gasteiger partial charge in [0.1, 0.15) is 0 Å². The molecule has 1 nitrogen and oxygen atoms in total. The highest BCUT2D eigenvalue weighted by atomic mass is 19.1. The van der Waals surface area contributed by atoms with Gasteiger partial charge in [-0.3, -0.25) is 0 Å². The molecular formula is C10H10FO. The SMILES string of the molecule is COc1cccc(C2[CH]C2)c1F. The van der Waals surface area contributed by atoms with Crippen molar-refractivity contribution in [1.29, 1.82) is 0 Å². The Hall–Kier alpha value is -1.05. The van der Waals surface area contributed by atoms with Gasteiger partial charge in [0, 0.05) is 0 Å². The van der Waals surface area contributed by atoms with Crippen molar-refractivity contribution in [2.45, 2.75) is 12.3 Å². The molecule has 1 radical (unpaired) electrons. The van der Waals surface area contributed by atoms with Crippen LogP contribution in [0.1, 0.15) is 17.9 Å². The Labute approximate surface area is 71.2 Å². The second-order valence-corrected chi connectivity index (χ2v) is 2.94. The van der Waals surface area contributed by atoms with E-state index in [2.05, 4.69) is 6.42 Å². The van der Waals surface area contributed by atoms with Crippen molar-refractivity contribution in [3.8, 4) is 5.75 Å². The zero-order chi connectivity index (χ0) is 8.55. The summed E-state index contributed by atoms with van der Waals surface area (Å²) in [6.07, 6.45) is 3.07. The zero-order valence-corrected chi connectivity index (χ0v) is 6.88. The first-order valence-corrected chi connectivity index (χ1v) is 3.98. The molecule has 1 saturated carbocycles. The van der Waals surface area contributed by atoms with Crippen molar-refractivity contribution >= 4 is 0 Å². The van der Waals surface area contributed by atoms with Crippen LogP contribution in [-0.2, 0) is 0 Å². The lowest BCUT2D eigenvalue weighted by Gasteiger charge is -2.05. The fourth-order valence-electron chi connectivity index (χ4n) is 1.29. The van der Waals surface area contributed by atoms with Crippen LogP contribution < -0.4 is 4.74 Å². The second-order valence-electron chi connectivity index (χ2n) is 2.94. The van der Waals surface area contributed by atoms with Crippen LogP contribution in [0.15, 0.2) is 18.2 Å². The lowest BCUT2D eigenvalue weighted by molar-refractivity contribution is 0.384. The highest BCUT2D eigenvalue weighted by Crippen LogP contribution is 2.41. The number of hydrogen-bond acceptors (Lipinski definition) is 1. The summed E-state index contributed by atoms with van der Waals surface area (Å²) in [6, 6.07) is 5.27. The molecule has 2 heteroatoms. The molecule has 0 saturated heterocycles. The van der Waals surface area contributed by atoms with Crippen molar-refractivity contribution in [3.63, 3.8) is 0 Å². The van der Waals surface area contributed by atoms with E-state index in [1.165, 1.54) is 7.11 Å². The molecule has 1 aliphatic rings. The maximum Gasteiger partial charge on any atom is 0.168 e. The first-order chi connectivity index (χ1) is 5.83. The van der Waals surface area contributed by atoms with E-state index in [0.29, 0.717) is 11.7 Å². The minimum absolute atomic E-state index is 0.209. The standard InChI is InChI=1S/C10H10FO/c1-12-9-4-2-3-8(10(9)11)7-5-6-7/h2-5,7H,6H2,1H3. The molecule has 1 aliphatic carbocycles. The van der Waals surface area contributed by atoms with Crippen LogP contribution in [0.25, 0.3) is 0 Å². The van der Waals surface area contributed by atoms with Gasteiger partial charge in [0.2, 0.25) is 0 Å².